The molecule has 0 N–H and O–H groups in total. The van der Waals surface area contributed by atoms with E-state index < -0.39 is 21.8 Å². The van der Waals surface area contributed by atoms with Crippen LogP contribution in [0.4, 0.5) is 9.52 Å². The molecule has 0 bridgehead atoms. The predicted molar refractivity (Wildman–Crippen MR) is 143 cm³/mol. The van der Waals surface area contributed by atoms with Crippen LogP contribution in [0.25, 0.3) is 10.2 Å². The number of hydrogen-bond acceptors (Lipinski definition) is 6. The van der Waals surface area contributed by atoms with Crippen LogP contribution in [0, 0.1) is 18.7 Å². The van der Waals surface area contributed by atoms with E-state index in [1.54, 1.807) is 11.1 Å². The second-order valence-electron chi connectivity index (χ2n) is 8.87. The Hall–Kier alpha value is -2.92. The summed E-state index contributed by atoms with van der Waals surface area (Å²) in [4.78, 5) is 24.2. The molecule has 3 heterocycles. The number of sulfonamides is 1. The van der Waals surface area contributed by atoms with E-state index in [1.165, 1.54) is 33.8 Å². The monoisotopic (exact) mass is 558 g/mol. The Morgan fingerprint density at radius 3 is 2.57 bits per heavy atom. The molecule has 0 unspecified atom stereocenters. The van der Waals surface area contributed by atoms with Crippen LogP contribution in [0.3, 0.4) is 0 Å². The molecule has 1 saturated heterocycles. The molecule has 5 rings (SSSR count). The van der Waals surface area contributed by atoms with Crippen molar-refractivity contribution in [1.29, 1.82) is 0 Å². The molecule has 7 nitrogen and oxygen atoms in total. The molecule has 0 radical (unpaired) electrons. The van der Waals surface area contributed by atoms with E-state index in [0.29, 0.717) is 28.7 Å². The number of hydrogen-bond donors (Lipinski definition) is 0. The predicted octanol–water partition coefficient (Wildman–Crippen LogP) is 5.43. The number of pyridine rings is 1. The lowest BCUT2D eigenvalue weighted by Crippen LogP contribution is -2.44. The average molecular weight is 559 g/mol. The van der Waals surface area contributed by atoms with Crippen LogP contribution in [0.15, 0.2) is 65.7 Å². The summed E-state index contributed by atoms with van der Waals surface area (Å²) in [6.45, 7) is 2.38. The molecule has 0 spiro atoms. The minimum absolute atomic E-state index is 0.124. The van der Waals surface area contributed by atoms with E-state index in [0.717, 1.165) is 21.8 Å². The Morgan fingerprint density at radius 1 is 1.14 bits per heavy atom. The third-order valence-electron chi connectivity index (χ3n) is 6.54. The number of anilines is 1. The number of aryl methyl sites for hydroxylation is 1. The first-order valence-corrected chi connectivity index (χ1v) is 14.4. The first-order valence-electron chi connectivity index (χ1n) is 11.8. The average Bonchev–Trinajstić information content (AvgIpc) is 3.35. The topological polar surface area (TPSA) is 83.5 Å². The summed E-state index contributed by atoms with van der Waals surface area (Å²) in [5.74, 6) is -1.34. The van der Waals surface area contributed by atoms with Gasteiger partial charge in [0.15, 0.2) is 5.13 Å². The Balaban J connectivity index is 1.40. The van der Waals surface area contributed by atoms with Crippen LogP contribution in [0.2, 0.25) is 5.02 Å². The molecule has 0 atom stereocenters. The van der Waals surface area contributed by atoms with Gasteiger partial charge in [-0.3, -0.25) is 14.7 Å². The molecule has 1 aliphatic rings. The van der Waals surface area contributed by atoms with Crippen molar-refractivity contribution in [2.24, 2.45) is 5.92 Å². The number of nitrogens with zero attached hydrogens (tertiary/aromatic N) is 4. The standard InChI is InChI=1S/C26H24ClFN4O3S2/c1-17-20(27)9-10-22-24(17)30-26(36-22)32(16-19-6-4-5-13-29-19)25(33)18-11-14-31(15-12-18)37(34,35)23-8-3-2-7-21(23)28/h2-10,13,18H,11-12,14-16H2,1H3. The first-order chi connectivity index (χ1) is 17.8. The molecule has 192 valence electrons. The van der Waals surface area contributed by atoms with Crippen LogP contribution in [-0.2, 0) is 21.4 Å². The molecule has 0 aliphatic carbocycles. The van der Waals surface area contributed by atoms with E-state index in [9.17, 15) is 17.6 Å². The number of thiazole rings is 1. The van der Waals surface area contributed by atoms with E-state index in [-0.39, 0.29) is 30.4 Å². The van der Waals surface area contributed by atoms with Crippen molar-refractivity contribution in [2.45, 2.75) is 31.2 Å². The fourth-order valence-electron chi connectivity index (χ4n) is 4.45. The normalized spacial score (nSPS) is 15.2. The van der Waals surface area contributed by atoms with Crippen LogP contribution in [0.5, 0.6) is 0 Å². The van der Waals surface area contributed by atoms with Gasteiger partial charge < -0.3 is 0 Å². The zero-order valence-corrected chi connectivity index (χ0v) is 22.4. The third kappa shape index (κ3) is 5.11. The smallest absolute Gasteiger partial charge is 0.245 e. The molecule has 1 amide bonds. The fraction of sp³-hybridized carbons (Fsp3) is 0.269. The number of benzene rings is 2. The molecule has 1 fully saturated rings. The minimum Gasteiger partial charge on any atom is -0.282 e. The summed E-state index contributed by atoms with van der Waals surface area (Å²) in [7, 11) is -3.99. The fourth-order valence-corrected chi connectivity index (χ4v) is 7.17. The maximum atomic E-state index is 14.2. The molecule has 11 heteroatoms. The highest BCUT2D eigenvalue weighted by Gasteiger charge is 2.36. The zero-order valence-electron chi connectivity index (χ0n) is 20.0. The van der Waals surface area contributed by atoms with E-state index in [2.05, 4.69) is 4.98 Å². The Kier molecular flexibility index (Phi) is 7.26. The zero-order chi connectivity index (χ0) is 26.2. The van der Waals surface area contributed by atoms with Crippen molar-refractivity contribution in [3.8, 4) is 0 Å². The van der Waals surface area contributed by atoms with Crippen molar-refractivity contribution in [3.05, 3.63) is 82.9 Å². The molecular weight excluding hydrogens is 535 g/mol. The van der Waals surface area contributed by atoms with Crippen molar-refractivity contribution < 1.29 is 17.6 Å². The SMILES string of the molecule is Cc1c(Cl)ccc2sc(N(Cc3ccccn3)C(=O)C3CCN(S(=O)(=O)c4ccccc4F)CC3)nc12. The van der Waals surface area contributed by atoms with Gasteiger partial charge in [0.1, 0.15) is 10.7 Å². The van der Waals surface area contributed by atoms with Crippen LogP contribution in [0.1, 0.15) is 24.1 Å². The molecule has 2 aromatic carbocycles. The number of carbonyl (C=O) groups excluding carboxylic acids is 1. The van der Waals surface area contributed by atoms with Crippen LogP contribution >= 0.6 is 22.9 Å². The van der Waals surface area contributed by atoms with Gasteiger partial charge in [0.05, 0.1) is 22.5 Å². The van der Waals surface area contributed by atoms with E-state index >= 15 is 0 Å². The van der Waals surface area contributed by atoms with Gasteiger partial charge in [0.25, 0.3) is 0 Å². The number of carbonyl (C=O) groups is 1. The number of rotatable bonds is 6. The van der Waals surface area contributed by atoms with Gasteiger partial charge in [-0.15, -0.1) is 0 Å². The van der Waals surface area contributed by atoms with Crippen molar-refractivity contribution >= 4 is 54.2 Å². The van der Waals surface area contributed by atoms with Crippen molar-refractivity contribution in [1.82, 2.24) is 14.3 Å². The lowest BCUT2D eigenvalue weighted by Gasteiger charge is -2.33. The molecule has 4 aromatic rings. The largest absolute Gasteiger partial charge is 0.282 e. The Bertz CT molecular complexity index is 1550. The third-order valence-corrected chi connectivity index (χ3v) is 9.92. The van der Waals surface area contributed by atoms with Gasteiger partial charge in [0.2, 0.25) is 15.9 Å². The van der Waals surface area contributed by atoms with Gasteiger partial charge in [-0.05, 0) is 61.7 Å². The van der Waals surface area contributed by atoms with Crippen molar-refractivity contribution in [3.63, 3.8) is 0 Å². The number of piperidine rings is 1. The highest BCUT2D eigenvalue weighted by atomic mass is 35.5. The number of fused-ring (bicyclic) bond motifs is 1. The number of aromatic nitrogens is 2. The highest BCUT2D eigenvalue weighted by Crippen LogP contribution is 2.36. The quantitative estimate of drug-likeness (QED) is 0.315. The minimum atomic E-state index is -3.99. The number of amides is 1. The van der Waals surface area contributed by atoms with Gasteiger partial charge in [-0.1, -0.05) is 41.1 Å². The molecule has 1 aliphatic heterocycles. The van der Waals surface area contributed by atoms with E-state index in [1.807, 2.05) is 37.3 Å². The van der Waals surface area contributed by atoms with Gasteiger partial charge in [0, 0.05) is 30.2 Å². The maximum Gasteiger partial charge on any atom is 0.245 e. The summed E-state index contributed by atoms with van der Waals surface area (Å²) in [5.41, 5.74) is 2.31. The van der Waals surface area contributed by atoms with Crippen LogP contribution < -0.4 is 4.90 Å². The van der Waals surface area contributed by atoms with Gasteiger partial charge in [-0.25, -0.2) is 17.8 Å². The summed E-state index contributed by atoms with van der Waals surface area (Å²) in [6.07, 6.45) is 2.31. The Labute approximate surface area is 223 Å². The second-order valence-corrected chi connectivity index (χ2v) is 12.2. The maximum absolute atomic E-state index is 14.2. The summed E-state index contributed by atoms with van der Waals surface area (Å²) >= 11 is 7.70. The van der Waals surface area contributed by atoms with Gasteiger partial charge >= 0.3 is 0 Å². The molecule has 37 heavy (non-hydrogen) atoms. The van der Waals surface area contributed by atoms with E-state index in [4.69, 9.17) is 16.6 Å². The summed E-state index contributed by atoms with van der Waals surface area (Å²) < 4.78 is 42.4. The van der Waals surface area contributed by atoms with Crippen molar-refractivity contribution in [2.75, 3.05) is 18.0 Å². The Morgan fingerprint density at radius 2 is 1.86 bits per heavy atom. The lowest BCUT2D eigenvalue weighted by atomic mass is 9.96. The molecule has 0 saturated carbocycles. The molecule has 2 aromatic heterocycles. The first kappa shape index (κ1) is 25.7. The summed E-state index contributed by atoms with van der Waals surface area (Å²) in [6, 6.07) is 14.6. The molecular formula is C26H24ClFN4O3S2. The second kappa shape index (κ2) is 10.4. The summed E-state index contributed by atoms with van der Waals surface area (Å²) in [5, 5.41) is 1.15. The van der Waals surface area contributed by atoms with Gasteiger partial charge in [-0.2, -0.15) is 4.31 Å². The van der Waals surface area contributed by atoms with Crippen LogP contribution in [-0.4, -0.2) is 41.7 Å². The highest BCUT2D eigenvalue weighted by molar-refractivity contribution is 7.89. The number of halogens is 2. The lowest BCUT2D eigenvalue weighted by molar-refractivity contribution is -0.123.